The maximum Gasteiger partial charge on any atom is 0.222 e. The van der Waals surface area contributed by atoms with Crippen LogP contribution in [0.15, 0.2) is 12.1 Å². The number of nitrogens with two attached hydrogens (primary N) is 1. The van der Waals surface area contributed by atoms with Crippen LogP contribution >= 0.6 is 22.9 Å². The molecule has 0 unspecified atom stereocenters. The molecule has 0 aromatic carbocycles. The molecule has 2 rings (SSSR count). The summed E-state index contributed by atoms with van der Waals surface area (Å²) < 4.78 is 0.788. The standard InChI is InChI=1S/C14H21ClN2OS/c1-2-14(16)7-9-17(10-8-14)13(18)6-4-11-3-5-12(15)19-11/h3,5H,2,4,6-10,16H2,1H3. The SMILES string of the molecule is CCC1(N)CCN(C(=O)CCc2ccc(Cl)s2)CC1. The topological polar surface area (TPSA) is 46.3 Å². The van der Waals surface area contributed by atoms with Gasteiger partial charge in [-0.2, -0.15) is 0 Å². The monoisotopic (exact) mass is 300 g/mol. The highest BCUT2D eigenvalue weighted by Crippen LogP contribution is 2.25. The van der Waals surface area contributed by atoms with Gasteiger partial charge in [0.2, 0.25) is 5.91 Å². The third-order valence-electron chi connectivity index (χ3n) is 4.03. The molecule has 0 aliphatic carbocycles. The minimum Gasteiger partial charge on any atom is -0.343 e. The van der Waals surface area contributed by atoms with Gasteiger partial charge in [-0.15, -0.1) is 11.3 Å². The van der Waals surface area contributed by atoms with Gasteiger partial charge in [0.05, 0.1) is 4.34 Å². The molecule has 1 amide bonds. The quantitative estimate of drug-likeness (QED) is 0.929. The average molecular weight is 301 g/mol. The molecule has 19 heavy (non-hydrogen) atoms. The molecule has 1 fully saturated rings. The molecular formula is C14H21ClN2OS. The van der Waals surface area contributed by atoms with Crippen molar-refractivity contribution in [3.05, 3.63) is 21.3 Å². The van der Waals surface area contributed by atoms with Crippen LogP contribution in [0.1, 0.15) is 37.5 Å². The number of carbonyl (C=O) groups is 1. The highest BCUT2D eigenvalue weighted by Gasteiger charge is 2.30. The van der Waals surface area contributed by atoms with Crippen molar-refractivity contribution >= 4 is 28.8 Å². The zero-order valence-electron chi connectivity index (χ0n) is 11.3. The van der Waals surface area contributed by atoms with Gasteiger partial charge in [-0.05, 0) is 37.8 Å². The average Bonchev–Trinajstić information content (AvgIpc) is 2.83. The molecule has 106 valence electrons. The lowest BCUT2D eigenvalue weighted by Gasteiger charge is -2.38. The first kappa shape index (κ1) is 14.8. The van der Waals surface area contributed by atoms with Crippen molar-refractivity contribution in [2.45, 2.75) is 44.6 Å². The maximum atomic E-state index is 12.1. The molecule has 1 aliphatic heterocycles. The summed E-state index contributed by atoms with van der Waals surface area (Å²) in [6.07, 6.45) is 4.18. The Kier molecular flexibility index (Phi) is 4.87. The molecule has 0 atom stereocenters. The number of amides is 1. The molecule has 0 radical (unpaired) electrons. The fraction of sp³-hybridized carbons (Fsp3) is 0.643. The summed E-state index contributed by atoms with van der Waals surface area (Å²) in [5, 5.41) is 0. The molecule has 3 nitrogen and oxygen atoms in total. The number of nitrogens with zero attached hydrogens (tertiary/aromatic N) is 1. The van der Waals surface area contributed by atoms with Gasteiger partial charge >= 0.3 is 0 Å². The number of likely N-dealkylation sites (tertiary alicyclic amines) is 1. The van der Waals surface area contributed by atoms with Gasteiger partial charge in [-0.1, -0.05) is 18.5 Å². The number of halogens is 1. The Balaban J connectivity index is 1.78. The van der Waals surface area contributed by atoms with Crippen LogP contribution in [0.3, 0.4) is 0 Å². The minimum atomic E-state index is -0.0575. The molecular weight excluding hydrogens is 280 g/mol. The van der Waals surface area contributed by atoms with Gasteiger partial charge in [-0.25, -0.2) is 0 Å². The third-order valence-corrected chi connectivity index (χ3v) is 5.32. The van der Waals surface area contributed by atoms with E-state index in [-0.39, 0.29) is 11.4 Å². The van der Waals surface area contributed by atoms with Crippen molar-refractivity contribution in [3.63, 3.8) is 0 Å². The second-order valence-corrected chi connectivity index (χ2v) is 7.10. The van der Waals surface area contributed by atoms with Crippen molar-refractivity contribution in [1.29, 1.82) is 0 Å². The Morgan fingerprint density at radius 1 is 1.47 bits per heavy atom. The Hall–Kier alpha value is -0.580. The molecule has 1 saturated heterocycles. The highest BCUT2D eigenvalue weighted by atomic mass is 35.5. The van der Waals surface area contributed by atoms with Crippen molar-refractivity contribution in [2.75, 3.05) is 13.1 Å². The van der Waals surface area contributed by atoms with Gasteiger partial charge in [0.15, 0.2) is 0 Å². The van der Waals surface area contributed by atoms with E-state index in [2.05, 4.69) is 6.92 Å². The van der Waals surface area contributed by atoms with Crippen molar-refractivity contribution in [2.24, 2.45) is 5.73 Å². The summed E-state index contributed by atoms with van der Waals surface area (Å²) in [5.74, 6) is 0.239. The molecule has 0 saturated carbocycles. The molecule has 0 spiro atoms. The van der Waals surface area contributed by atoms with Gasteiger partial charge in [0, 0.05) is 29.9 Å². The van der Waals surface area contributed by atoms with Gasteiger partial charge in [-0.3, -0.25) is 4.79 Å². The highest BCUT2D eigenvalue weighted by molar-refractivity contribution is 7.16. The normalized spacial score (nSPS) is 18.6. The predicted octanol–water partition coefficient (Wildman–Crippen LogP) is 3.06. The summed E-state index contributed by atoms with van der Waals surface area (Å²) in [7, 11) is 0. The lowest BCUT2D eigenvalue weighted by Crippen LogP contribution is -2.51. The van der Waals surface area contributed by atoms with Crippen molar-refractivity contribution in [1.82, 2.24) is 4.90 Å². The number of piperidine rings is 1. The number of aryl methyl sites for hydroxylation is 1. The molecule has 0 bridgehead atoms. The largest absolute Gasteiger partial charge is 0.343 e. The van der Waals surface area contributed by atoms with E-state index in [9.17, 15) is 4.79 Å². The van der Waals surface area contributed by atoms with Crippen LogP contribution in [0.5, 0.6) is 0 Å². The second-order valence-electron chi connectivity index (χ2n) is 5.30. The first-order valence-corrected chi connectivity index (χ1v) is 8.03. The van der Waals surface area contributed by atoms with E-state index in [0.29, 0.717) is 6.42 Å². The number of rotatable bonds is 4. The van der Waals surface area contributed by atoms with E-state index in [4.69, 9.17) is 17.3 Å². The second kappa shape index (κ2) is 6.25. The Morgan fingerprint density at radius 3 is 2.68 bits per heavy atom. The molecule has 1 aromatic heterocycles. The maximum absolute atomic E-state index is 12.1. The Morgan fingerprint density at radius 2 is 2.16 bits per heavy atom. The predicted molar refractivity (Wildman–Crippen MR) is 80.7 cm³/mol. The molecule has 2 N–H and O–H groups in total. The lowest BCUT2D eigenvalue weighted by molar-refractivity contribution is -0.132. The van der Waals surface area contributed by atoms with E-state index >= 15 is 0 Å². The Labute approximate surface area is 123 Å². The first-order chi connectivity index (χ1) is 9.02. The molecule has 5 heteroatoms. The van der Waals surface area contributed by atoms with Gasteiger partial charge in [0.25, 0.3) is 0 Å². The van der Waals surface area contributed by atoms with E-state index in [1.54, 1.807) is 11.3 Å². The summed E-state index contributed by atoms with van der Waals surface area (Å²) >= 11 is 7.44. The van der Waals surface area contributed by atoms with E-state index in [0.717, 1.165) is 43.1 Å². The summed E-state index contributed by atoms with van der Waals surface area (Å²) in [4.78, 5) is 15.3. The Bertz CT molecular complexity index is 438. The van der Waals surface area contributed by atoms with Crippen molar-refractivity contribution in [3.8, 4) is 0 Å². The van der Waals surface area contributed by atoms with Crippen LogP contribution in [0.25, 0.3) is 0 Å². The van der Waals surface area contributed by atoms with Crippen molar-refractivity contribution < 1.29 is 4.79 Å². The van der Waals surface area contributed by atoms with Crippen LogP contribution in [-0.2, 0) is 11.2 Å². The third kappa shape index (κ3) is 3.94. The zero-order chi connectivity index (χ0) is 13.9. The van der Waals surface area contributed by atoms with Crippen LogP contribution in [-0.4, -0.2) is 29.4 Å². The van der Waals surface area contributed by atoms with Crippen LogP contribution < -0.4 is 5.73 Å². The smallest absolute Gasteiger partial charge is 0.222 e. The number of hydrogen-bond acceptors (Lipinski definition) is 3. The van der Waals surface area contributed by atoms with Gasteiger partial charge < -0.3 is 10.6 Å². The fourth-order valence-electron chi connectivity index (χ4n) is 2.43. The van der Waals surface area contributed by atoms with Crippen LogP contribution in [0, 0.1) is 0 Å². The molecule has 1 aliphatic rings. The molecule has 2 heterocycles. The number of hydrogen-bond donors (Lipinski definition) is 1. The van der Waals surface area contributed by atoms with Crippen LogP contribution in [0.4, 0.5) is 0 Å². The lowest BCUT2D eigenvalue weighted by atomic mass is 9.86. The van der Waals surface area contributed by atoms with E-state index in [1.807, 2.05) is 17.0 Å². The zero-order valence-corrected chi connectivity index (χ0v) is 12.9. The summed E-state index contributed by atoms with van der Waals surface area (Å²) in [6.45, 7) is 3.72. The van der Waals surface area contributed by atoms with Gasteiger partial charge in [0.1, 0.15) is 0 Å². The first-order valence-electron chi connectivity index (χ1n) is 6.83. The fourth-order valence-corrected chi connectivity index (χ4v) is 3.52. The molecule has 1 aromatic rings. The number of carbonyl (C=O) groups excluding carboxylic acids is 1. The van der Waals surface area contributed by atoms with E-state index < -0.39 is 0 Å². The van der Waals surface area contributed by atoms with E-state index in [1.165, 1.54) is 4.88 Å². The summed E-state index contributed by atoms with van der Waals surface area (Å²) in [6, 6.07) is 3.88. The number of thiophene rings is 1. The summed E-state index contributed by atoms with van der Waals surface area (Å²) in [5.41, 5.74) is 6.18. The van der Waals surface area contributed by atoms with Crippen LogP contribution in [0.2, 0.25) is 4.34 Å². The minimum absolute atomic E-state index is 0.0575.